The molecule has 3 heteroatoms. The highest BCUT2D eigenvalue weighted by molar-refractivity contribution is 5.81. The van der Waals surface area contributed by atoms with Crippen LogP contribution in [0.1, 0.15) is 41.0 Å². The normalized spacial score (nSPS) is 23.4. The van der Waals surface area contributed by atoms with Gasteiger partial charge in [-0.15, -0.1) is 0 Å². The second kappa shape index (κ2) is 5.17. The van der Waals surface area contributed by atoms with Crippen molar-refractivity contribution in [1.82, 2.24) is 10.2 Å². The molecular formula is C13H26N2O. The third-order valence-corrected chi connectivity index (χ3v) is 3.18. The summed E-state index contributed by atoms with van der Waals surface area (Å²) in [5.41, 5.74) is -0.266. The third-order valence-electron chi connectivity index (χ3n) is 3.18. The Morgan fingerprint density at radius 2 is 2.00 bits per heavy atom. The average molecular weight is 226 g/mol. The number of nitrogens with one attached hydrogen (secondary N) is 1. The van der Waals surface area contributed by atoms with Gasteiger partial charge in [0.25, 0.3) is 0 Å². The fraction of sp³-hybridized carbons (Fsp3) is 0.923. The summed E-state index contributed by atoms with van der Waals surface area (Å²) in [5.74, 6) is 0.798. The number of amides is 1. The van der Waals surface area contributed by atoms with Crippen molar-refractivity contribution in [1.29, 1.82) is 0 Å². The third kappa shape index (κ3) is 3.21. The summed E-state index contributed by atoms with van der Waals surface area (Å²) in [6, 6.07) is 0.342. The minimum Gasteiger partial charge on any atom is -0.338 e. The number of carbonyl (C=O) groups is 1. The molecule has 1 unspecified atom stereocenters. The predicted molar refractivity (Wildman–Crippen MR) is 67.3 cm³/mol. The molecule has 16 heavy (non-hydrogen) atoms. The zero-order chi connectivity index (χ0) is 12.3. The van der Waals surface area contributed by atoms with Gasteiger partial charge in [0.2, 0.25) is 5.91 Å². The molecule has 0 radical (unpaired) electrons. The molecule has 0 aromatic rings. The first kappa shape index (κ1) is 13.5. The Morgan fingerprint density at radius 1 is 1.38 bits per heavy atom. The summed E-state index contributed by atoms with van der Waals surface area (Å²) in [5, 5.41) is 3.42. The van der Waals surface area contributed by atoms with Crippen molar-refractivity contribution in [3.8, 4) is 0 Å². The van der Waals surface area contributed by atoms with Crippen molar-refractivity contribution >= 4 is 5.91 Å². The van der Waals surface area contributed by atoms with Crippen LogP contribution in [0.4, 0.5) is 0 Å². The quantitative estimate of drug-likeness (QED) is 0.740. The van der Waals surface area contributed by atoms with Crippen LogP contribution in [0, 0.1) is 11.3 Å². The van der Waals surface area contributed by atoms with Crippen LogP contribution in [0.15, 0.2) is 0 Å². The number of hydrogen-bond donors (Lipinski definition) is 1. The molecule has 1 heterocycles. The van der Waals surface area contributed by atoms with Crippen LogP contribution in [0.2, 0.25) is 0 Å². The predicted octanol–water partition coefficient (Wildman–Crippen LogP) is 1.88. The number of carbonyl (C=O) groups excluding carboxylic acids is 1. The highest BCUT2D eigenvalue weighted by Gasteiger charge is 2.33. The first-order valence-electron chi connectivity index (χ1n) is 6.36. The SMILES string of the molecule is CC(C)C1CNCCCN1C(=O)C(C)(C)C. The summed E-state index contributed by atoms with van der Waals surface area (Å²) in [6.07, 6.45) is 1.06. The van der Waals surface area contributed by atoms with E-state index >= 15 is 0 Å². The monoisotopic (exact) mass is 226 g/mol. The van der Waals surface area contributed by atoms with Gasteiger partial charge in [0.05, 0.1) is 0 Å². The van der Waals surface area contributed by atoms with Crippen molar-refractivity contribution in [2.45, 2.75) is 47.1 Å². The summed E-state index contributed by atoms with van der Waals surface area (Å²) < 4.78 is 0. The standard InChI is InChI=1S/C13H26N2O/c1-10(2)11-9-14-7-6-8-15(11)12(16)13(3,4)5/h10-11,14H,6-9H2,1-5H3. The number of rotatable bonds is 1. The van der Waals surface area contributed by atoms with Crippen LogP contribution in [0.25, 0.3) is 0 Å². The summed E-state index contributed by atoms with van der Waals surface area (Å²) in [6.45, 7) is 13.3. The molecule has 1 rings (SSSR count). The summed E-state index contributed by atoms with van der Waals surface area (Å²) in [4.78, 5) is 14.5. The molecule has 1 aliphatic heterocycles. The lowest BCUT2D eigenvalue weighted by Gasteiger charge is -2.36. The van der Waals surface area contributed by atoms with Gasteiger partial charge >= 0.3 is 0 Å². The van der Waals surface area contributed by atoms with Gasteiger partial charge in [-0.3, -0.25) is 4.79 Å². The molecule has 0 bridgehead atoms. The Labute approximate surface area is 99.6 Å². The van der Waals surface area contributed by atoms with Gasteiger partial charge in [-0.1, -0.05) is 34.6 Å². The molecule has 1 saturated heterocycles. The van der Waals surface area contributed by atoms with Gasteiger partial charge in [-0.05, 0) is 18.9 Å². The lowest BCUT2D eigenvalue weighted by Crippen LogP contribution is -2.50. The van der Waals surface area contributed by atoms with E-state index in [1.165, 1.54) is 0 Å². The molecule has 3 nitrogen and oxygen atoms in total. The summed E-state index contributed by atoms with van der Waals surface area (Å²) >= 11 is 0. The summed E-state index contributed by atoms with van der Waals surface area (Å²) in [7, 11) is 0. The van der Waals surface area contributed by atoms with E-state index in [0.29, 0.717) is 12.0 Å². The maximum Gasteiger partial charge on any atom is 0.228 e. The van der Waals surface area contributed by atoms with Gasteiger partial charge in [0, 0.05) is 24.5 Å². The Morgan fingerprint density at radius 3 is 2.50 bits per heavy atom. The fourth-order valence-electron chi connectivity index (χ4n) is 2.18. The molecule has 94 valence electrons. The Bertz CT molecular complexity index is 243. The fourth-order valence-corrected chi connectivity index (χ4v) is 2.18. The second-order valence-electron chi connectivity index (χ2n) is 6.12. The van der Waals surface area contributed by atoms with E-state index in [1.807, 2.05) is 20.8 Å². The average Bonchev–Trinajstić information content (AvgIpc) is 2.39. The Hall–Kier alpha value is -0.570. The zero-order valence-corrected chi connectivity index (χ0v) is 11.3. The van der Waals surface area contributed by atoms with Crippen molar-refractivity contribution in [3.63, 3.8) is 0 Å². The zero-order valence-electron chi connectivity index (χ0n) is 11.3. The van der Waals surface area contributed by atoms with Crippen LogP contribution in [0.5, 0.6) is 0 Å². The van der Waals surface area contributed by atoms with Gasteiger partial charge < -0.3 is 10.2 Å². The van der Waals surface area contributed by atoms with Crippen LogP contribution in [-0.4, -0.2) is 36.5 Å². The minimum atomic E-state index is -0.266. The van der Waals surface area contributed by atoms with E-state index in [4.69, 9.17) is 0 Å². The first-order valence-corrected chi connectivity index (χ1v) is 6.36. The maximum absolute atomic E-state index is 12.4. The molecule has 1 amide bonds. The van der Waals surface area contributed by atoms with Crippen LogP contribution >= 0.6 is 0 Å². The van der Waals surface area contributed by atoms with Gasteiger partial charge in [-0.25, -0.2) is 0 Å². The topological polar surface area (TPSA) is 32.3 Å². The van der Waals surface area contributed by atoms with Crippen LogP contribution in [0.3, 0.4) is 0 Å². The Kier molecular flexibility index (Phi) is 4.36. The molecule has 0 saturated carbocycles. The number of nitrogens with zero attached hydrogens (tertiary/aromatic N) is 1. The second-order valence-corrected chi connectivity index (χ2v) is 6.12. The molecule has 0 aromatic heterocycles. The van der Waals surface area contributed by atoms with E-state index in [1.54, 1.807) is 0 Å². The van der Waals surface area contributed by atoms with E-state index in [2.05, 4.69) is 24.1 Å². The molecule has 0 spiro atoms. The molecule has 1 N–H and O–H groups in total. The molecule has 0 aromatic carbocycles. The molecule has 1 fully saturated rings. The Balaban J connectivity index is 2.83. The lowest BCUT2D eigenvalue weighted by molar-refractivity contribution is -0.142. The van der Waals surface area contributed by atoms with Crippen molar-refractivity contribution in [2.24, 2.45) is 11.3 Å². The van der Waals surface area contributed by atoms with Gasteiger partial charge in [0.15, 0.2) is 0 Å². The van der Waals surface area contributed by atoms with Crippen molar-refractivity contribution < 1.29 is 4.79 Å². The highest BCUT2D eigenvalue weighted by atomic mass is 16.2. The van der Waals surface area contributed by atoms with Gasteiger partial charge in [0.1, 0.15) is 0 Å². The highest BCUT2D eigenvalue weighted by Crippen LogP contribution is 2.22. The van der Waals surface area contributed by atoms with E-state index in [-0.39, 0.29) is 11.3 Å². The van der Waals surface area contributed by atoms with Crippen LogP contribution < -0.4 is 5.32 Å². The lowest BCUT2D eigenvalue weighted by atomic mass is 9.92. The van der Waals surface area contributed by atoms with E-state index < -0.39 is 0 Å². The largest absolute Gasteiger partial charge is 0.338 e. The maximum atomic E-state index is 12.4. The first-order chi connectivity index (χ1) is 7.34. The molecule has 0 aliphatic carbocycles. The van der Waals surface area contributed by atoms with Crippen molar-refractivity contribution in [2.75, 3.05) is 19.6 Å². The van der Waals surface area contributed by atoms with Gasteiger partial charge in [-0.2, -0.15) is 0 Å². The van der Waals surface area contributed by atoms with E-state index in [9.17, 15) is 4.79 Å². The molecule has 1 atom stereocenters. The molecule has 1 aliphatic rings. The van der Waals surface area contributed by atoms with Crippen molar-refractivity contribution in [3.05, 3.63) is 0 Å². The smallest absolute Gasteiger partial charge is 0.228 e. The minimum absolute atomic E-state index is 0.266. The number of hydrogen-bond acceptors (Lipinski definition) is 2. The van der Waals surface area contributed by atoms with Crippen LogP contribution in [-0.2, 0) is 4.79 Å². The molecular weight excluding hydrogens is 200 g/mol. The van der Waals surface area contributed by atoms with E-state index in [0.717, 1.165) is 26.1 Å².